The first-order valence-electron chi connectivity index (χ1n) is 6.20. The first-order chi connectivity index (χ1) is 9.07. The van der Waals surface area contributed by atoms with Crippen LogP contribution in [0.5, 0.6) is 0 Å². The van der Waals surface area contributed by atoms with Crippen molar-refractivity contribution in [3.8, 4) is 0 Å². The molecule has 19 heavy (non-hydrogen) atoms. The summed E-state index contributed by atoms with van der Waals surface area (Å²) in [5.41, 5.74) is 4.39. The van der Waals surface area contributed by atoms with Gasteiger partial charge in [-0.3, -0.25) is 4.79 Å². The minimum atomic E-state index is -1.03. The van der Waals surface area contributed by atoms with Crippen LogP contribution >= 0.6 is 0 Å². The van der Waals surface area contributed by atoms with Crippen LogP contribution in [0.4, 0.5) is 14.5 Å². The van der Waals surface area contributed by atoms with Crippen LogP contribution in [0.1, 0.15) is 36.0 Å². The quantitative estimate of drug-likeness (QED) is 0.523. The summed E-state index contributed by atoms with van der Waals surface area (Å²) in [7, 11) is 0. The Kier molecular flexibility index (Phi) is 6.21. The number of benzene rings is 1. The molecule has 0 atom stereocenters. The van der Waals surface area contributed by atoms with E-state index in [0.29, 0.717) is 19.4 Å². The summed E-state index contributed by atoms with van der Waals surface area (Å²) in [6.45, 7) is 0.476. The maximum Gasteiger partial charge on any atom is 0.257 e. The van der Waals surface area contributed by atoms with E-state index < -0.39 is 23.1 Å². The molecule has 1 amide bonds. The molecule has 0 fully saturated rings. The molecule has 0 aromatic heterocycles. The predicted octanol–water partition coefficient (Wildman–Crippen LogP) is 1.83. The average Bonchev–Trinajstić information content (AvgIpc) is 2.38. The van der Waals surface area contributed by atoms with E-state index in [1.807, 2.05) is 0 Å². The zero-order valence-corrected chi connectivity index (χ0v) is 10.6. The molecule has 4 N–H and O–H groups in total. The van der Waals surface area contributed by atoms with Gasteiger partial charge >= 0.3 is 0 Å². The van der Waals surface area contributed by atoms with Crippen molar-refractivity contribution in [1.29, 1.82) is 0 Å². The number of hydrogen-bond donors (Lipinski definition) is 3. The second-order valence-electron chi connectivity index (χ2n) is 4.22. The van der Waals surface area contributed by atoms with Crippen molar-refractivity contribution in [2.24, 2.45) is 0 Å². The maximum atomic E-state index is 13.5. The average molecular weight is 272 g/mol. The summed E-state index contributed by atoms with van der Waals surface area (Å²) in [5, 5.41) is 11.0. The zero-order valence-electron chi connectivity index (χ0n) is 10.6. The summed E-state index contributed by atoms with van der Waals surface area (Å²) < 4.78 is 26.9. The monoisotopic (exact) mass is 272 g/mol. The molecule has 4 nitrogen and oxygen atoms in total. The maximum absolute atomic E-state index is 13.5. The highest BCUT2D eigenvalue weighted by Crippen LogP contribution is 2.18. The number of unbranched alkanes of at least 4 members (excludes halogenated alkanes) is 3. The molecule has 0 aliphatic heterocycles. The molecule has 1 aromatic carbocycles. The Labute approximate surface area is 110 Å². The van der Waals surface area contributed by atoms with Gasteiger partial charge in [0.15, 0.2) is 5.82 Å². The third kappa shape index (κ3) is 4.48. The number of carbonyl (C=O) groups is 1. The lowest BCUT2D eigenvalue weighted by Gasteiger charge is -2.08. The molecule has 0 saturated heterocycles. The van der Waals surface area contributed by atoms with E-state index in [0.717, 1.165) is 25.0 Å². The third-order valence-corrected chi connectivity index (χ3v) is 2.72. The van der Waals surface area contributed by atoms with Crippen LogP contribution in [-0.2, 0) is 0 Å². The van der Waals surface area contributed by atoms with Gasteiger partial charge < -0.3 is 16.2 Å². The van der Waals surface area contributed by atoms with Crippen molar-refractivity contribution in [2.45, 2.75) is 25.7 Å². The number of aliphatic hydroxyl groups is 1. The molecule has 0 radical (unpaired) electrons. The molecule has 0 aliphatic carbocycles. The molecule has 0 saturated carbocycles. The molecule has 0 bridgehead atoms. The Morgan fingerprint density at radius 3 is 2.58 bits per heavy atom. The summed E-state index contributed by atoms with van der Waals surface area (Å²) in [5.74, 6) is -2.76. The van der Waals surface area contributed by atoms with Gasteiger partial charge in [-0.15, -0.1) is 0 Å². The Hall–Kier alpha value is -1.69. The molecule has 106 valence electrons. The first kappa shape index (κ1) is 15.4. The van der Waals surface area contributed by atoms with Crippen LogP contribution in [0.3, 0.4) is 0 Å². The fraction of sp³-hybridized carbons (Fsp3) is 0.462. The SMILES string of the molecule is Nc1ccc(F)c(C(=O)NCCCCCCO)c1F. The molecule has 0 heterocycles. The number of rotatable bonds is 7. The van der Waals surface area contributed by atoms with E-state index in [9.17, 15) is 13.6 Å². The molecule has 1 rings (SSSR count). The van der Waals surface area contributed by atoms with Crippen molar-refractivity contribution >= 4 is 11.6 Å². The lowest BCUT2D eigenvalue weighted by molar-refractivity contribution is 0.0944. The van der Waals surface area contributed by atoms with Crippen molar-refractivity contribution in [3.63, 3.8) is 0 Å². The minimum absolute atomic E-state index is 0.145. The van der Waals surface area contributed by atoms with Gasteiger partial charge in [0.2, 0.25) is 0 Å². The Morgan fingerprint density at radius 2 is 1.89 bits per heavy atom. The van der Waals surface area contributed by atoms with E-state index in [2.05, 4.69) is 5.32 Å². The summed E-state index contributed by atoms with van der Waals surface area (Å²) >= 11 is 0. The molecule has 0 spiro atoms. The predicted molar refractivity (Wildman–Crippen MR) is 68.7 cm³/mol. The van der Waals surface area contributed by atoms with E-state index in [-0.39, 0.29) is 12.3 Å². The standard InChI is InChI=1S/C13H18F2N2O2/c14-9-5-6-10(16)12(15)11(9)13(19)17-7-3-1-2-4-8-18/h5-6,18H,1-4,7-8,16H2,(H,17,19). The number of nitrogens with one attached hydrogen (secondary N) is 1. The molecule has 0 aliphatic rings. The van der Waals surface area contributed by atoms with E-state index >= 15 is 0 Å². The van der Waals surface area contributed by atoms with Crippen LogP contribution in [0.15, 0.2) is 12.1 Å². The molecular formula is C13H18F2N2O2. The highest BCUT2D eigenvalue weighted by Gasteiger charge is 2.18. The number of hydrogen-bond acceptors (Lipinski definition) is 3. The second kappa shape index (κ2) is 7.68. The smallest absolute Gasteiger partial charge is 0.257 e. The van der Waals surface area contributed by atoms with Gasteiger partial charge in [-0.2, -0.15) is 0 Å². The summed E-state index contributed by atoms with van der Waals surface area (Å²) in [6, 6.07) is 2.05. The molecule has 1 aromatic rings. The number of anilines is 1. The van der Waals surface area contributed by atoms with Gasteiger partial charge in [0.1, 0.15) is 11.4 Å². The second-order valence-corrected chi connectivity index (χ2v) is 4.22. The normalized spacial score (nSPS) is 10.5. The highest BCUT2D eigenvalue weighted by molar-refractivity contribution is 5.95. The molecule has 0 unspecified atom stereocenters. The third-order valence-electron chi connectivity index (χ3n) is 2.72. The number of halogens is 2. The molecule has 6 heteroatoms. The fourth-order valence-electron chi connectivity index (χ4n) is 1.66. The van der Waals surface area contributed by atoms with Crippen LogP contribution < -0.4 is 11.1 Å². The van der Waals surface area contributed by atoms with E-state index in [4.69, 9.17) is 10.8 Å². The lowest BCUT2D eigenvalue weighted by atomic mass is 10.1. The van der Waals surface area contributed by atoms with Crippen LogP contribution in [0, 0.1) is 11.6 Å². The highest BCUT2D eigenvalue weighted by atomic mass is 19.1. The van der Waals surface area contributed by atoms with Gasteiger partial charge in [-0.1, -0.05) is 12.8 Å². The fourth-order valence-corrected chi connectivity index (χ4v) is 1.66. The van der Waals surface area contributed by atoms with Crippen molar-refractivity contribution in [1.82, 2.24) is 5.32 Å². The van der Waals surface area contributed by atoms with E-state index in [1.54, 1.807) is 0 Å². The van der Waals surface area contributed by atoms with Crippen LogP contribution in [-0.4, -0.2) is 24.2 Å². The van der Waals surface area contributed by atoms with Crippen LogP contribution in [0.25, 0.3) is 0 Å². The zero-order chi connectivity index (χ0) is 14.3. The Morgan fingerprint density at radius 1 is 1.21 bits per heavy atom. The van der Waals surface area contributed by atoms with Gasteiger partial charge in [0.05, 0.1) is 5.69 Å². The lowest BCUT2D eigenvalue weighted by Crippen LogP contribution is -2.26. The van der Waals surface area contributed by atoms with Crippen molar-refractivity contribution in [2.75, 3.05) is 18.9 Å². The number of carbonyl (C=O) groups excluding carboxylic acids is 1. The number of aliphatic hydroxyl groups excluding tert-OH is 1. The number of amides is 1. The molecular weight excluding hydrogens is 254 g/mol. The van der Waals surface area contributed by atoms with Crippen LogP contribution in [0.2, 0.25) is 0 Å². The largest absolute Gasteiger partial charge is 0.396 e. The Bertz CT molecular complexity index is 439. The summed E-state index contributed by atoms with van der Waals surface area (Å²) in [4.78, 5) is 11.6. The first-order valence-corrected chi connectivity index (χ1v) is 6.20. The topological polar surface area (TPSA) is 75.4 Å². The van der Waals surface area contributed by atoms with Crippen molar-refractivity contribution in [3.05, 3.63) is 29.3 Å². The Balaban J connectivity index is 2.48. The van der Waals surface area contributed by atoms with E-state index in [1.165, 1.54) is 0 Å². The minimum Gasteiger partial charge on any atom is -0.396 e. The number of nitrogen functional groups attached to an aromatic ring is 1. The summed E-state index contributed by atoms with van der Waals surface area (Å²) in [6.07, 6.45) is 3.10. The number of nitrogens with two attached hydrogens (primary N) is 1. The van der Waals surface area contributed by atoms with Gasteiger partial charge in [-0.05, 0) is 25.0 Å². The van der Waals surface area contributed by atoms with Gasteiger partial charge in [-0.25, -0.2) is 8.78 Å². The van der Waals surface area contributed by atoms with Gasteiger partial charge in [0, 0.05) is 13.2 Å². The van der Waals surface area contributed by atoms with Crippen molar-refractivity contribution < 1.29 is 18.7 Å². The van der Waals surface area contributed by atoms with Gasteiger partial charge in [0.25, 0.3) is 5.91 Å².